The minimum Gasteiger partial charge on any atom is -0.454 e. The van der Waals surface area contributed by atoms with Gasteiger partial charge >= 0.3 is 0 Å². The maximum Gasteiger partial charge on any atom is 0.264 e. The number of hydrogen-bond acceptors (Lipinski definition) is 5. The predicted octanol–water partition coefficient (Wildman–Crippen LogP) is 3.11. The van der Waals surface area contributed by atoms with Crippen molar-refractivity contribution < 1.29 is 19.1 Å². The van der Waals surface area contributed by atoms with E-state index in [-0.39, 0.29) is 12.4 Å². The lowest BCUT2D eigenvalue weighted by Gasteiger charge is -2.02. The molecule has 20 heavy (non-hydrogen) atoms. The lowest BCUT2D eigenvalue weighted by atomic mass is 10.1. The fourth-order valence-electron chi connectivity index (χ4n) is 1.57. The molecule has 1 heterocycles. The van der Waals surface area contributed by atoms with Crippen molar-refractivity contribution in [2.24, 2.45) is 0 Å². The van der Waals surface area contributed by atoms with E-state index in [2.05, 4.69) is 13.2 Å². The van der Waals surface area contributed by atoms with Gasteiger partial charge in [0.1, 0.15) is 0 Å². The number of ether oxygens (including phenoxy) is 2. The number of benzene rings is 1. The molecule has 1 aliphatic rings. The van der Waals surface area contributed by atoms with E-state index in [9.17, 15) is 9.59 Å². The summed E-state index contributed by atoms with van der Waals surface area (Å²) >= 11 is 0.817. The van der Waals surface area contributed by atoms with Crippen LogP contribution in [-0.2, 0) is 4.79 Å². The van der Waals surface area contributed by atoms with Crippen LogP contribution in [-0.4, -0.2) is 17.7 Å². The first kappa shape index (κ1) is 14.1. The van der Waals surface area contributed by atoms with E-state index in [0.717, 1.165) is 11.8 Å². The van der Waals surface area contributed by atoms with Crippen LogP contribution in [0.15, 0.2) is 54.5 Å². The highest BCUT2D eigenvalue weighted by molar-refractivity contribution is 8.18. The SMILES string of the molecule is C=C/C=C(\C=C)SC(=O)C(=O)c1ccc2c(c1)OCO2. The topological polar surface area (TPSA) is 52.6 Å². The van der Waals surface area contributed by atoms with Crippen molar-refractivity contribution in [2.45, 2.75) is 0 Å². The summed E-state index contributed by atoms with van der Waals surface area (Å²) in [5, 5.41) is -0.586. The second kappa shape index (κ2) is 6.25. The predicted molar refractivity (Wildman–Crippen MR) is 78.0 cm³/mol. The number of Topliss-reactive ketones (excluding diaryl/α,β-unsaturated/α-hetero) is 1. The molecule has 0 atom stereocenters. The number of allylic oxidation sites excluding steroid dienone is 3. The lowest BCUT2D eigenvalue weighted by molar-refractivity contribution is -0.107. The van der Waals surface area contributed by atoms with Crippen molar-refractivity contribution in [1.29, 1.82) is 0 Å². The van der Waals surface area contributed by atoms with E-state index in [1.807, 2.05) is 0 Å². The van der Waals surface area contributed by atoms with Gasteiger partial charge in [-0.2, -0.15) is 0 Å². The summed E-state index contributed by atoms with van der Waals surface area (Å²) in [6.45, 7) is 7.23. The molecule has 0 amide bonds. The Kier molecular flexibility index (Phi) is 4.42. The van der Waals surface area contributed by atoms with Crippen LogP contribution in [0.5, 0.6) is 11.5 Å². The molecule has 0 aromatic heterocycles. The molecule has 0 bridgehead atoms. The Labute approximate surface area is 120 Å². The van der Waals surface area contributed by atoms with Gasteiger partial charge in [-0.15, -0.1) is 0 Å². The molecule has 0 spiro atoms. The van der Waals surface area contributed by atoms with Crippen molar-refractivity contribution in [3.63, 3.8) is 0 Å². The first-order valence-corrected chi connectivity index (χ1v) is 6.58. The van der Waals surface area contributed by atoms with Gasteiger partial charge < -0.3 is 9.47 Å². The standard InChI is InChI=1S/C15H12O4S/c1-3-5-11(4-2)20-15(17)14(16)10-6-7-12-13(8-10)19-9-18-12/h3-8H,1-2,9H2/b11-5+. The molecule has 1 aromatic carbocycles. The molecule has 0 radical (unpaired) electrons. The minimum absolute atomic E-state index is 0.123. The number of fused-ring (bicyclic) bond motifs is 1. The van der Waals surface area contributed by atoms with E-state index in [1.54, 1.807) is 18.2 Å². The van der Waals surface area contributed by atoms with Crippen LogP contribution in [0.2, 0.25) is 0 Å². The number of ketones is 1. The molecule has 2 rings (SSSR count). The molecule has 0 saturated carbocycles. The van der Waals surface area contributed by atoms with Crippen molar-refractivity contribution in [3.8, 4) is 11.5 Å². The summed E-state index contributed by atoms with van der Waals surface area (Å²) in [5.41, 5.74) is 0.272. The zero-order valence-electron chi connectivity index (χ0n) is 10.6. The van der Waals surface area contributed by atoms with Crippen LogP contribution in [0.3, 0.4) is 0 Å². The number of rotatable bonds is 5. The molecule has 0 unspecified atom stereocenters. The van der Waals surface area contributed by atoms with Gasteiger partial charge in [-0.25, -0.2) is 0 Å². The third-order valence-electron chi connectivity index (χ3n) is 2.51. The van der Waals surface area contributed by atoms with Crippen molar-refractivity contribution in [2.75, 3.05) is 6.79 Å². The van der Waals surface area contributed by atoms with Crippen LogP contribution in [0.4, 0.5) is 0 Å². The van der Waals surface area contributed by atoms with Crippen LogP contribution >= 0.6 is 11.8 Å². The largest absolute Gasteiger partial charge is 0.454 e. The van der Waals surface area contributed by atoms with Crippen LogP contribution in [0.1, 0.15) is 10.4 Å². The first-order chi connectivity index (χ1) is 9.65. The lowest BCUT2D eigenvalue weighted by Crippen LogP contribution is -2.10. The quantitative estimate of drug-likeness (QED) is 0.473. The van der Waals surface area contributed by atoms with Gasteiger partial charge in [0.15, 0.2) is 11.5 Å². The van der Waals surface area contributed by atoms with E-state index in [1.165, 1.54) is 18.2 Å². The Bertz CT molecular complexity index is 616. The minimum atomic E-state index is -0.592. The van der Waals surface area contributed by atoms with E-state index in [4.69, 9.17) is 9.47 Å². The van der Waals surface area contributed by atoms with Gasteiger partial charge in [0.25, 0.3) is 5.12 Å². The van der Waals surface area contributed by atoms with E-state index in [0.29, 0.717) is 16.4 Å². The molecule has 0 aliphatic carbocycles. The molecule has 1 aromatic rings. The number of hydrogen-bond donors (Lipinski definition) is 0. The molecular weight excluding hydrogens is 276 g/mol. The van der Waals surface area contributed by atoms with Crippen molar-refractivity contribution >= 4 is 22.7 Å². The average Bonchev–Trinajstić information content (AvgIpc) is 2.93. The van der Waals surface area contributed by atoms with E-state index < -0.39 is 10.9 Å². The summed E-state index contributed by atoms with van der Waals surface area (Å²) in [6.07, 6.45) is 4.64. The molecule has 5 heteroatoms. The molecular formula is C15H12O4S. The Morgan fingerprint density at radius 1 is 1.20 bits per heavy atom. The third-order valence-corrected chi connectivity index (χ3v) is 3.42. The number of thioether (sulfide) groups is 1. The van der Waals surface area contributed by atoms with Crippen molar-refractivity contribution in [1.82, 2.24) is 0 Å². The maximum atomic E-state index is 12.0. The normalized spacial score (nSPS) is 12.9. The average molecular weight is 288 g/mol. The van der Waals surface area contributed by atoms with Gasteiger partial charge in [-0.05, 0) is 36.0 Å². The van der Waals surface area contributed by atoms with Gasteiger partial charge in [0.05, 0.1) is 0 Å². The number of carbonyl (C=O) groups is 2. The van der Waals surface area contributed by atoms with Crippen LogP contribution in [0, 0.1) is 0 Å². The highest BCUT2D eigenvalue weighted by Crippen LogP contribution is 2.33. The Balaban J connectivity index is 2.15. The van der Waals surface area contributed by atoms with Gasteiger partial charge in [-0.3, -0.25) is 9.59 Å². The third kappa shape index (κ3) is 3.00. The second-order valence-corrected chi connectivity index (χ2v) is 4.84. The van der Waals surface area contributed by atoms with Crippen LogP contribution < -0.4 is 9.47 Å². The zero-order valence-corrected chi connectivity index (χ0v) is 11.4. The summed E-state index contributed by atoms with van der Waals surface area (Å²) < 4.78 is 10.3. The van der Waals surface area contributed by atoms with Gasteiger partial charge in [0, 0.05) is 10.5 Å². The Hall–Kier alpha value is -2.27. The maximum absolute atomic E-state index is 12.0. The molecule has 0 fully saturated rings. The van der Waals surface area contributed by atoms with Crippen molar-refractivity contribution in [3.05, 3.63) is 60.1 Å². The Morgan fingerprint density at radius 3 is 2.65 bits per heavy atom. The highest BCUT2D eigenvalue weighted by atomic mass is 32.2. The molecule has 0 saturated heterocycles. The van der Waals surface area contributed by atoms with Crippen LogP contribution in [0.25, 0.3) is 0 Å². The smallest absolute Gasteiger partial charge is 0.264 e. The monoisotopic (exact) mass is 288 g/mol. The fourth-order valence-corrected chi connectivity index (χ4v) is 2.24. The summed E-state index contributed by atoms with van der Waals surface area (Å²) in [5.74, 6) is 0.448. The summed E-state index contributed by atoms with van der Waals surface area (Å²) in [4.78, 5) is 24.5. The molecule has 4 nitrogen and oxygen atoms in total. The fraction of sp³-hybridized carbons (Fsp3) is 0.0667. The van der Waals surface area contributed by atoms with Gasteiger partial charge in [0.2, 0.25) is 12.6 Å². The Morgan fingerprint density at radius 2 is 1.95 bits per heavy atom. The molecule has 1 aliphatic heterocycles. The summed E-state index contributed by atoms with van der Waals surface area (Å²) in [6, 6.07) is 4.66. The molecule has 0 N–H and O–H groups in total. The second-order valence-electron chi connectivity index (χ2n) is 3.80. The van der Waals surface area contributed by atoms with E-state index >= 15 is 0 Å². The first-order valence-electron chi connectivity index (χ1n) is 5.77. The number of carbonyl (C=O) groups excluding carboxylic acids is 2. The van der Waals surface area contributed by atoms with Gasteiger partial charge in [-0.1, -0.05) is 25.3 Å². The highest BCUT2D eigenvalue weighted by Gasteiger charge is 2.21. The summed E-state index contributed by atoms with van der Waals surface area (Å²) in [7, 11) is 0. The zero-order chi connectivity index (χ0) is 14.5. The molecule has 102 valence electrons.